The molecule has 0 spiro atoms. The lowest BCUT2D eigenvalue weighted by Gasteiger charge is -2.06. The van der Waals surface area contributed by atoms with Gasteiger partial charge in [-0.05, 0) is 40.5 Å². The standard InChI is InChI=1S/C15H19NS.ClH/c1-11(2)14-5-3-12(4-6-14)7-13-8-15(9-16)17-10-13;/h3-6,8,10-11H,7,9,16H2,1-2H3;1H. The Bertz CT molecular complexity index is 473. The van der Waals surface area contributed by atoms with E-state index in [1.165, 1.54) is 21.6 Å². The van der Waals surface area contributed by atoms with E-state index in [1.54, 1.807) is 11.3 Å². The van der Waals surface area contributed by atoms with Gasteiger partial charge in [-0.15, -0.1) is 23.7 Å². The van der Waals surface area contributed by atoms with E-state index in [-0.39, 0.29) is 12.4 Å². The van der Waals surface area contributed by atoms with Gasteiger partial charge in [-0.25, -0.2) is 0 Å². The van der Waals surface area contributed by atoms with Gasteiger partial charge in [-0.2, -0.15) is 0 Å². The van der Waals surface area contributed by atoms with Gasteiger partial charge >= 0.3 is 0 Å². The minimum atomic E-state index is 0. The molecule has 0 atom stereocenters. The van der Waals surface area contributed by atoms with Gasteiger partial charge in [0.25, 0.3) is 0 Å². The normalized spacial score (nSPS) is 10.4. The Morgan fingerprint density at radius 3 is 2.28 bits per heavy atom. The van der Waals surface area contributed by atoms with Crippen molar-refractivity contribution >= 4 is 23.7 Å². The molecule has 2 rings (SSSR count). The van der Waals surface area contributed by atoms with Gasteiger partial charge in [0, 0.05) is 11.4 Å². The van der Waals surface area contributed by atoms with Gasteiger partial charge in [0.05, 0.1) is 0 Å². The molecule has 0 saturated carbocycles. The SMILES string of the molecule is CC(C)c1ccc(Cc2csc(CN)c2)cc1.Cl. The third-order valence-electron chi connectivity index (χ3n) is 2.96. The van der Waals surface area contributed by atoms with Crippen LogP contribution in [0.2, 0.25) is 0 Å². The van der Waals surface area contributed by atoms with Crippen molar-refractivity contribution < 1.29 is 0 Å². The van der Waals surface area contributed by atoms with Gasteiger partial charge in [-0.1, -0.05) is 38.1 Å². The van der Waals surface area contributed by atoms with E-state index in [1.807, 2.05) is 0 Å². The summed E-state index contributed by atoms with van der Waals surface area (Å²) in [5, 5.41) is 2.21. The molecule has 0 saturated heterocycles. The molecule has 0 fully saturated rings. The average Bonchev–Trinajstić information content (AvgIpc) is 2.77. The smallest absolute Gasteiger partial charge is 0.0273 e. The summed E-state index contributed by atoms with van der Waals surface area (Å²) in [5.74, 6) is 0.606. The van der Waals surface area contributed by atoms with Crippen LogP contribution in [0.5, 0.6) is 0 Å². The molecule has 1 aromatic carbocycles. The Hall–Kier alpha value is -0.830. The summed E-state index contributed by atoms with van der Waals surface area (Å²) in [4.78, 5) is 1.26. The quantitative estimate of drug-likeness (QED) is 0.886. The third-order valence-corrected chi connectivity index (χ3v) is 3.97. The lowest BCUT2D eigenvalue weighted by atomic mass is 10.00. The van der Waals surface area contributed by atoms with E-state index in [0.29, 0.717) is 12.5 Å². The van der Waals surface area contributed by atoms with Crippen molar-refractivity contribution in [1.82, 2.24) is 0 Å². The number of rotatable bonds is 4. The zero-order valence-electron chi connectivity index (χ0n) is 10.8. The number of nitrogens with two attached hydrogens (primary N) is 1. The molecule has 0 aliphatic carbocycles. The number of benzene rings is 1. The second-order valence-electron chi connectivity index (χ2n) is 4.70. The highest BCUT2D eigenvalue weighted by Crippen LogP contribution is 2.19. The molecule has 2 aromatic rings. The number of hydrogen-bond donors (Lipinski definition) is 1. The van der Waals surface area contributed by atoms with E-state index in [4.69, 9.17) is 5.73 Å². The molecule has 18 heavy (non-hydrogen) atoms. The molecular weight excluding hydrogens is 262 g/mol. The molecule has 1 nitrogen and oxygen atoms in total. The Kier molecular flexibility index (Phi) is 5.86. The molecule has 0 unspecified atom stereocenters. The maximum Gasteiger partial charge on any atom is 0.0273 e. The number of halogens is 1. The van der Waals surface area contributed by atoms with Crippen LogP contribution in [0.1, 0.15) is 41.3 Å². The van der Waals surface area contributed by atoms with Crippen LogP contribution in [0, 0.1) is 0 Å². The Morgan fingerprint density at radius 2 is 1.78 bits per heavy atom. The number of hydrogen-bond acceptors (Lipinski definition) is 2. The zero-order chi connectivity index (χ0) is 12.3. The molecule has 1 aromatic heterocycles. The van der Waals surface area contributed by atoms with Crippen molar-refractivity contribution in [3.8, 4) is 0 Å². The minimum absolute atomic E-state index is 0. The molecule has 98 valence electrons. The fraction of sp³-hybridized carbons (Fsp3) is 0.333. The summed E-state index contributed by atoms with van der Waals surface area (Å²) in [6, 6.07) is 11.1. The van der Waals surface area contributed by atoms with Crippen LogP contribution < -0.4 is 5.73 Å². The lowest BCUT2D eigenvalue weighted by Crippen LogP contribution is -1.92. The van der Waals surface area contributed by atoms with Crippen LogP contribution in [0.3, 0.4) is 0 Å². The first-order valence-electron chi connectivity index (χ1n) is 6.04. The average molecular weight is 282 g/mol. The van der Waals surface area contributed by atoms with Crippen molar-refractivity contribution in [2.45, 2.75) is 32.7 Å². The van der Waals surface area contributed by atoms with Gasteiger partial charge in [0.1, 0.15) is 0 Å². The molecule has 0 bridgehead atoms. The zero-order valence-corrected chi connectivity index (χ0v) is 12.5. The van der Waals surface area contributed by atoms with Gasteiger partial charge in [0.2, 0.25) is 0 Å². The van der Waals surface area contributed by atoms with Crippen LogP contribution in [0.25, 0.3) is 0 Å². The fourth-order valence-corrected chi connectivity index (χ4v) is 2.65. The van der Waals surface area contributed by atoms with E-state index in [0.717, 1.165) is 6.42 Å². The van der Waals surface area contributed by atoms with Gasteiger partial charge < -0.3 is 5.73 Å². The first kappa shape index (κ1) is 15.2. The highest BCUT2D eigenvalue weighted by Gasteiger charge is 2.02. The predicted octanol–water partition coefficient (Wildman–Crippen LogP) is 4.34. The molecule has 0 amide bonds. The topological polar surface area (TPSA) is 26.0 Å². The van der Waals surface area contributed by atoms with Crippen molar-refractivity contribution in [1.29, 1.82) is 0 Å². The summed E-state index contributed by atoms with van der Waals surface area (Å²) in [6.07, 6.45) is 1.01. The van der Waals surface area contributed by atoms with E-state index in [2.05, 4.69) is 49.6 Å². The lowest BCUT2D eigenvalue weighted by molar-refractivity contribution is 0.865. The van der Waals surface area contributed by atoms with E-state index < -0.39 is 0 Å². The monoisotopic (exact) mass is 281 g/mol. The molecule has 3 heteroatoms. The highest BCUT2D eigenvalue weighted by molar-refractivity contribution is 7.10. The van der Waals surface area contributed by atoms with Crippen LogP contribution in [0.15, 0.2) is 35.7 Å². The van der Waals surface area contributed by atoms with Crippen molar-refractivity contribution in [3.05, 3.63) is 57.3 Å². The van der Waals surface area contributed by atoms with Crippen LogP contribution >= 0.6 is 23.7 Å². The van der Waals surface area contributed by atoms with E-state index in [9.17, 15) is 0 Å². The summed E-state index contributed by atoms with van der Waals surface area (Å²) in [6.45, 7) is 5.10. The minimum Gasteiger partial charge on any atom is -0.326 e. The largest absolute Gasteiger partial charge is 0.326 e. The third kappa shape index (κ3) is 3.84. The Balaban J connectivity index is 0.00000162. The summed E-state index contributed by atoms with van der Waals surface area (Å²) < 4.78 is 0. The maximum atomic E-state index is 5.62. The molecule has 0 radical (unpaired) electrons. The molecule has 0 aliphatic rings. The van der Waals surface area contributed by atoms with Crippen molar-refractivity contribution in [2.24, 2.45) is 5.73 Å². The van der Waals surface area contributed by atoms with Gasteiger partial charge in [0.15, 0.2) is 0 Å². The predicted molar refractivity (Wildman–Crippen MR) is 82.8 cm³/mol. The molecular formula is C15H20ClNS. The first-order chi connectivity index (χ1) is 8.19. The van der Waals surface area contributed by atoms with Crippen molar-refractivity contribution in [3.63, 3.8) is 0 Å². The van der Waals surface area contributed by atoms with E-state index >= 15 is 0 Å². The fourth-order valence-electron chi connectivity index (χ4n) is 1.88. The van der Waals surface area contributed by atoms with Crippen LogP contribution in [-0.4, -0.2) is 0 Å². The van der Waals surface area contributed by atoms with Crippen LogP contribution in [-0.2, 0) is 13.0 Å². The summed E-state index contributed by atoms with van der Waals surface area (Å²) >= 11 is 1.75. The first-order valence-corrected chi connectivity index (χ1v) is 6.92. The summed E-state index contributed by atoms with van der Waals surface area (Å²) in [5.41, 5.74) is 9.76. The van der Waals surface area contributed by atoms with Crippen molar-refractivity contribution in [2.75, 3.05) is 0 Å². The maximum absolute atomic E-state index is 5.62. The highest BCUT2D eigenvalue weighted by atomic mass is 35.5. The Labute approximate surface area is 119 Å². The molecule has 1 heterocycles. The second kappa shape index (κ2) is 6.93. The summed E-state index contributed by atoms with van der Waals surface area (Å²) in [7, 11) is 0. The molecule has 0 aliphatic heterocycles. The molecule has 2 N–H and O–H groups in total. The number of thiophene rings is 1. The van der Waals surface area contributed by atoms with Gasteiger partial charge in [-0.3, -0.25) is 0 Å². The Morgan fingerprint density at radius 1 is 1.11 bits per heavy atom. The van der Waals surface area contributed by atoms with Crippen LogP contribution in [0.4, 0.5) is 0 Å². The second-order valence-corrected chi connectivity index (χ2v) is 5.69.